The molecule has 2 heterocycles. The molecule has 4 heteroatoms. The highest BCUT2D eigenvalue weighted by Gasteiger charge is 2.11. The highest BCUT2D eigenvalue weighted by Crippen LogP contribution is 2.13. The van der Waals surface area contributed by atoms with Crippen LogP contribution in [0.1, 0.15) is 38.1 Å². The lowest BCUT2D eigenvalue weighted by Crippen LogP contribution is -2.34. The van der Waals surface area contributed by atoms with Crippen molar-refractivity contribution in [1.82, 2.24) is 10.2 Å². The molecule has 0 spiro atoms. The van der Waals surface area contributed by atoms with E-state index >= 15 is 0 Å². The predicted molar refractivity (Wildman–Crippen MR) is 79.2 cm³/mol. The highest BCUT2D eigenvalue weighted by molar-refractivity contribution is 5.07. The molecule has 1 N–H and O–H groups in total. The van der Waals surface area contributed by atoms with Gasteiger partial charge in [-0.2, -0.15) is 0 Å². The first kappa shape index (κ1) is 14.9. The maximum atomic E-state index is 5.83. The van der Waals surface area contributed by atoms with Crippen LogP contribution >= 0.6 is 0 Å². The molecule has 2 aromatic heterocycles. The molecule has 110 valence electrons. The van der Waals surface area contributed by atoms with E-state index in [-0.39, 0.29) is 5.54 Å². The Hall–Kier alpha value is -1.52. The molecule has 0 saturated heterocycles. The molecule has 0 aliphatic carbocycles. The molecule has 0 aliphatic heterocycles. The fourth-order valence-electron chi connectivity index (χ4n) is 1.95. The zero-order valence-corrected chi connectivity index (χ0v) is 12.8. The summed E-state index contributed by atoms with van der Waals surface area (Å²) in [6, 6.07) is 7.97. The minimum atomic E-state index is 0.100. The Bertz CT molecular complexity index is 509. The second-order valence-corrected chi connectivity index (χ2v) is 6.22. The fraction of sp³-hybridized carbons (Fsp3) is 0.500. The van der Waals surface area contributed by atoms with Crippen molar-refractivity contribution in [2.24, 2.45) is 0 Å². The third-order valence-electron chi connectivity index (χ3n) is 2.94. The van der Waals surface area contributed by atoms with Gasteiger partial charge in [-0.25, -0.2) is 0 Å². The van der Waals surface area contributed by atoms with Crippen molar-refractivity contribution in [1.29, 1.82) is 0 Å². The number of furan rings is 2. The van der Waals surface area contributed by atoms with Crippen LogP contribution in [0.15, 0.2) is 39.4 Å². The van der Waals surface area contributed by atoms with Gasteiger partial charge in [0.1, 0.15) is 17.3 Å². The normalized spacial score (nSPS) is 12.2. The van der Waals surface area contributed by atoms with Crippen LogP contribution in [-0.4, -0.2) is 17.5 Å². The monoisotopic (exact) mass is 276 g/mol. The van der Waals surface area contributed by atoms with Gasteiger partial charge in [0.2, 0.25) is 0 Å². The first-order valence-electron chi connectivity index (χ1n) is 6.96. The van der Waals surface area contributed by atoms with E-state index in [1.54, 1.807) is 6.26 Å². The second-order valence-electron chi connectivity index (χ2n) is 6.22. The molecule has 0 aliphatic rings. The van der Waals surface area contributed by atoms with Crippen molar-refractivity contribution in [2.45, 2.75) is 45.9 Å². The molecular weight excluding hydrogens is 252 g/mol. The van der Waals surface area contributed by atoms with Crippen molar-refractivity contribution < 1.29 is 8.83 Å². The van der Waals surface area contributed by atoms with Crippen LogP contribution in [0.3, 0.4) is 0 Å². The van der Waals surface area contributed by atoms with Gasteiger partial charge in [-0.3, -0.25) is 4.90 Å². The van der Waals surface area contributed by atoms with Gasteiger partial charge in [0.25, 0.3) is 0 Å². The zero-order chi connectivity index (χ0) is 14.6. The molecule has 2 aromatic rings. The van der Waals surface area contributed by atoms with Crippen molar-refractivity contribution in [3.05, 3.63) is 47.8 Å². The zero-order valence-electron chi connectivity index (χ0n) is 12.8. The number of hydrogen-bond donors (Lipinski definition) is 1. The first-order chi connectivity index (χ1) is 9.42. The molecule has 0 atom stereocenters. The number of hydrogen-bond acceptors (Lipinski definition) is 4. The van der Waals surface area contributed by atoms with E-state index in [0.717, 1.165) is 36.9 Å². The average molecular weight is 276 g/mol. The summed E-state index contributed by atoms with van der Waals surface area (Å²) in [5.74, 6) is 2.92. The Morgan fingerprint density at radius 3 is 2.40 bits per heavy atom. The summed E-state index contributed by atoms with van der Waals surface area (Å²) >= 11 is 0. The Labute approximate surface area is 120 Å². The lowest BCUT2D eigenvalue weighted by molar-refractivity contribution is 0.259. The van der Waals surface area contributed by atoms with E-state index in [1.807, 2.05) is 24.3 Å². The molecule has 4 nitrogen and oxygen atoms in total. The highest BCUT2D eigenvalue weighted by atomic mass is 16.3. The molecular formula is C16H24N2O2. The summed E-state index contributed by atoms with van der Waals surface area (Å²) in [5, 5.41) is 3.42. The van der Waals surface area contributed by atoms with Gasteiger partial charge in [-0.1, -0.05) is 0 Å². The summed E-state index contributed by atoms with van der Waals surface area (Å²) in [5.41, 5.74) is 0.100. The second kappa shape index (κ2) is 6.29. The van der Waals surface area contributed by atoms with E-state index in [2.05, 4.69) is 38.0 Å². The molecule has 0 amide bonds. The van der Waals surface area contributed by atoms with Crippen molar-refractivity contribution >= 4 is 0 Å². The fourth-order valence-corrected chi connectivity index (χ4v) is 1.95. The minimum absolute atomic E-state index is 0.100. The summed E-state index contributed by atoms with van der Waals surface area (Å²) < 4.78 is 11.2. The third kappa shape index (κ3) is 4.87. The van der Waals surface area contributed by atoms with Crippen LogP contribution < -0.4 is 5.32 Å². The van der Waals surface area contributed by atoms with Crippen LogP contribution in [-0.2, 0) is 19.6 Å². The van der Waals surface area contributed by atoms with Crippen molar-refractivity contribution in [2.75, 3.05) is 7.05 Å². The van der Waals surface area contributed by atoms with E-state index in [0.29, 0.717) is 0 Å². The lowest BCUT2D eigenvalue weighted by atomic mass is 10.1. The molecule has 0 saturated carbocycles. The van der Waals surface area contributed by atoms with Gasteiger partial charge >= 0.3 is 0 Å². The smallest absolute Gasteiger partial charge is 0.118 e. The van der Waals surface area contributed by atoms with Gasteiger partial charge in [0.05, 0.1) is 25.9 Å². The summed E-state index contributed by atoms with van der Waals surface area (Å²) in [6.45, 7) is 8.75. The van der Waals surface area contributed by atoms with Gasteiger partial charge in [-0.15, -0.1) is 0 Å². The van der Waals surface area contributed by atoms with Gasteiger partial charge in [0.15, 0.2) is 0 Å². The molecule has 0 fully saturated rings. The van der Waals surface area contributed by atoms with Gasteiger partial charge in [-0.05, 0) is 52.1 Å². The quantitative estimate of drug-likeness (QED) is 0.878. The van der Waals surface area contributed by atoms with Crippen LogP contribution in [0.25, 0.3) is 0 Å². The lowest BCUT2D eigenvalue weighted by Gasteiger charge is -2.19. The minimum Gasteiger partial charge on any atom is -0.468 e. The summed E-state index contributed by atoms with van der Waals surface area (Å²) in [6.07, 6.45) is 1.70. The van der Waals surface area contributed by atoms with Crippen LogP contribution in [0, 0.1) is 0 Å². The first-order valence-corrected chi connectivity index (χ1v) is 6.96. The average Bonchev–Trinajstić information content (AvgIpc) is 2.97. The Kier molecular flexibility index (Phi) is 4.68. The van der Waals surface area contributed by atoms with Crippen LogP contribution in [0.5, 0.6) is 0 Å². The topological polar surface area (TPSA) is 41.6 Å². The van der Waals surface area contributed by atoms with Crippen LogP contribution in [0.2, 0.25) is 0 Å². The predicted octanol–water partition coefficient (Wildman–Crippen LogP) is 3.39. The van der Waals surface area contributed by atoms with Crippen molar-refractivity contribution in [3.8, 4) is 0 Å². The molecule has 0 unspecified atom stereocenters. The van der Waals surface area contributed by atoms with E-state index < -0.39 is 0 Å². The maximum Gasteiger partial charge on any atom is 0.118 e. The van der Waals surface area contributed by atoms with E-state index in [9.17, 15) is 0 Å². The summed E-state index contributed by atoms with van der Waals surface area (Å²) in [7, 11) is 2.05. The standard InChI is InChI=1S/C16H24N2O2/c1-16(2,3)17-10-13-7-8-15(20-13)12-18(4)11-14-6-5-9-19-14/h5-9,17H,10-12H2,1-4H3. The number of nitrogens with one attached hydrogen (secondary N) is 1. The third-order valence-corrected chi connectivity index (χ3v) is 2.94. The Balaban J connectivity index is 1.83. The molecule has 0 radical (unpaired) electrons. The number of rotatable bonds is 6. The van der Waals surface area contributed by atoms with E-state index in [1.165, 1.54) is 0 Å². The molecule has 0 bridgehead atoms. The van der Waals surface area contributed by atoms with Crippen LogP contribution in [0.4, 0.5) is 0 Å². The van der Waals surface area contributed by atoms with Gasteiger partial charge in [0, 0.05) is 5.54 Å². The largest absolute Gasteiger partial charge is 0.468 e. The van der Waals surface area contributed by atoms with Crippen molar-refractivity contribution in [3.63, 3.8) is 0 Å². The molecule has 2 rings (SSSR count). The van der Waals surface area contributed by atoms with Gasteiger partial charge < -0.3 is 14.2 Å². The SMILES string of the molecule is CN(Cc1ccco1)Cc1ccc(CNC(C)(C)C)o1. The maximum absolute atomic E-state index is 5.83. The Morgan fingerprint density at radius 2 is 1.75 bits per heavy atom. The van der Waals surface area contributed by atoms with E-state index in [4.69, 9.17) is 8.83 Å². The number of nitrogens with zero attached hydrogens (tertiary/aromatic N) is 1. The molecule has 20 heavy (non-hydrogen) atoms. The summed E-state index contributed by atoms with van der Waals surface area (Å²) in [4.78, 5) is 2.17. The molecule has 0 aromatic carbocycles. The Morgan fingerprint density at radius 1 is 1.05 bits per heavy atom.